The first-order chi connectivity index (χ1) is 8.18. The van der Waals surface area contributed by atoms with E-state index in [9.17, 15) is 4.79 Å². The second-order valence-electron chi connectivity index (χ2n) is 5.64. The summed E-state index contributed by atoms with van der Waals surface area (Å²) >= 11 is 0. The maximum atomic E-state index is 11.8. The van der Waals surface area contributed by atoms with Crippen LogP contribution < -0.4 is 11.1 Å². The number of hydrogen-bond donors (Lipinski definition) is 2. The maximum absolute atomic E-state index is 11.8. The third-order valence-corrected chi connectivity index (χ3v) is 4.06. The van der Waals surface area contributed by atoms with Crippen molar-refractivity contribution in [1.82, 2.24) is 10.2 Å². The van der Waals surface area contributed by atoms with Crippen molar-refractivity contribution in [1.29, 1.82) is 0 Å². The first-order valence-corrected chi connectivity index (χ1v) is 6.96. The van der Waals surface area contributed by atoms with Gasteiger partial charge >= 0.3 is 0 Å². The molecule has 0 aromatic rings. The van der Waals surface area contributed by atoms with Gasteiger partial charge in [0.1, 0.15) is 0 Å². The van der Waals surface area contributed by atoms with E-state index < -0.39 is 0 Å². The van der Waals surface area contributed by atoms with Gasteiger partial charge in [0, 0.05) is 25.0 Å². The van der Waals surface area contributed by atoms with Gasteiger partial charge in [-0.1, -0.05) is 12.8 Å². The number of nitrogens with one attached hydrogen (secondary N) is 1. The van der Waals surface area contributed by atoms with Crippen LogP contribution in [0.1, 0.15) is 44.9 Å². The quantitative estimate of drug-likeness (QED) is 0.748. The summed E-state index contributed by atoms with van der Waals surface area (Å²) in [5.74, 6) is 0.133. The zero-order valence-electron chi connectivity index (χ0n) is 10.7. The minimum atomic E-state index is -0.211. The zero-order chi connectivity index (χ0) is 12.1. The normalized spacial score (nSPS) is 24.1. The molecule has 2 rings (SSSR count). The molecule has 1 saturated carbocycles. The van der Waals surface area contributed by atoms with Gasteiger partial charge < -0.3 is 16.0 Å². The lowest BCUT2D eigenvalue weighted by atomic mass is 9.94. The van der Waals surface area contributed by atoms with Crippen LogP contribution in [0.4, 0.5) is 0 Å². The van der Waals surface area contributed by atoms with Gasteiger partial charge in [-0.3, -0.25) is 4.79 Å². The summed E-state index contributed by atoms with van der Waals surface area (Å²) in [4.78, 5) is 14.2. The number of rotatable bonds is 5. The van der Waals surface area contributed by atoms with Crippen LogP contribution >= 0.6 is 0 Å². The Hall–Kier alpha value is -0.610. The van der Waals surface area contributed by atoms with Crippen LogP contribution in [-0.4, -0.2) is 42.5 Å². The zero-order valence-corrected chi connectivity index (χ0v) is 10.7. The van der Waals surface area contributed by atoms with Crippen LogP contribution in [-0.2, 0) is 4.79 Å². The Bertz CT molecular complexity index is 255. The highest BCUT2D eigenvalue weighted by Gasteiger charge is 2.31. The standard InChI is InChI=1S/C13H25N3O/c14-13(5-1-2-6-13)11-12(17)15-7-10-16-8-3-4-9-16/h1-11,14H2,(H,15,17). The van der Waals surface area contributed by atoms with Crippen molar-refractivity contribution in [3.8, 4) is 0 Å². The second kappa shape index (κ2) is 5.83. The van der Waals surface area contributed by atoms with Crippen LogP contribution in [0.25, 0.3) is 0 Å². The Labute approximate surface area is 104 Å². The molecule has 1 heterocycles. The van der Waals surface area contributed by atoms with Gasteiger partial charge in [0.05, 0.1) is 0 Å². The van der Waals surface area contributed by atoms with Gasteiger partial charge in [-0.05, 0) is 38.8 Å². The molecule has 1 amide bonds. The number of nitrogens with zero attached hydrogens (tertiary/aromatic N) is 1. The predicted molar refractivity (Wildman–Crippen MR) is 68.7 cm³/mol. The maximum Gasteiger partial charge on any atom is 0.221 e. The lowest BCUT2D eigenvalue weighted by Gasteiger charge is -2.23. The molecule has 0 aromatic carbocycles. The van der Waals surface area contributed by atoms with Crippen LogP contribution in [0, 0.1) is 0 Å². The van der Waals surface area contributed by atoms with E-state index in [4.69, 9.17) is 5.73 Å². The summed E-state index contributed by atoms with van der Waals surface area (Å²) in [6.07, 6.45) is 7.49. The minimum Gasteiger partial charge on any atom is -0.355 e. The van der Waals surface area contributed by atoms with Crippen molar-refractivity contribution in [2.45, 2.75) is 50.5 Å². The van der Waals surface area contributed by atoms with Crippen molar-refractivity contribution in [3.05, 3.63) is 0 Å². The Balaban J connectivity index is 1.60. The van der Waals surface area contributed by atoms with Crippen molar-refractivity contribution in [2.24, 2.45) is 5.73 Å². The van der Waals surface area contributed by atoms with E-state index in [1.165, 1.54) is 38.8 Å². The molecule has 4 nitrogen and oxygen atoms in total. The van der Waals surface area contributed by atoms with Gasteiger partial charge in [-0.25, -0.2) is 0 Å². The highest BCUT2D eigenvalue weighted by Crippen LogP contribution is 2.29. The SMILES string of the molecule is NC1(CC(=O)NCCN2CCCC2)CCCC1. The number of likely N-dealkylation sites (tertiary alicyclic amines) is 1. The summed E-state index contributed by atoms with van der Waals surface area (Å²) < 4.78 is 0. The van der Waals surface area contributed by atoms with E-state index in [1.807, 2.05) is 0 Å². The molecule has 98 valence electrons. The lowest BCUT2D eigenvalue weighted by molar-refractivity contribution is -0.122. The fraction of sp³-hybridized carbons (Fsp3) is 0.923. The molecule has 0 bridgehead atoms. The van der Waals surface area contributed by atoms with E-state index in [1.54, 1.807) is 0 Å². The molecule has 1 aliphatic carbocycles. The number of hydrogen-bond acceptors (Lipinski definition) is 3. The second-order valence-corrected chi connectivity index (χ2v) is 5.64. The summed E-state index contributed by atoms with van der Waals surface area (Å²) in [5.41, 5.74) is 5.97. The van der Waals surface area contributed by atoms with Gasteiger partial charge in [0.25, 0.3) is 0 Å². The number of nitrogens with two attached hydrogens (primary N) is 1. The monoisotopic (exact) mass is 239 g/mol. The summed E-state index contributed by atoms with van der Waals surface area (Å²) in [6.45, 7) is 4.14. The molecule has 0 atom stereocenters. The molecule has 0 unspecified atom stereocenters. The Morgan fingerprint density at radius 3 is 2.47 bits per heavy atom. The average molecular weight is 239 g/mol. The van der Waals surface area contributed by atoms with Gasteiger partial charge in [0.2, 0.25) is 5.91 Å². The molecular formula is C13H25N3O. The van der Waals surface area contributed by atoms with Crippen molar-refractivity contribution >= 4 is 5.91 Å². The van der Waals surface area contributed by atoms with Crippen LogP contribution in [0.5, 0.6) is 0 Å². The number of carbonyl (C=O) groups excluding carboxylic acids is 1. The molecular weight excluding hydrogens is 214 g/mol. The first-order valence-electron chi connectivity index (χ1n) is 6.96. The van der Waals surface area contributed by atoms with Crippen LogP contribution in [0.15, 0.2) is 0 Å². The van der Waals surface area contributed by atoms with Crippen molar-refractivity contribution in [2.75, 3.05) is 26.2 Å². The summed E-state index contributed by atoms with van der Waals surface area (Å²) in [7, 11) is 0. The van der Waals surface area contributed by atoms with Crippen molar-refractivity contribution in [3.63, 3.8) is 0 Å². The van der Waals surface area contributed by atoms with E-state index in [2.05, 4.69) is 10.2 Å². The fourth-order valence-corrected chi connectivity index (χ4v) is 3.00. The van der Waals surface area contributed by atoms with Gasteiger partial charge in [0.15, 0.2) is 0 Å². The smallest absolute Gasteiger partial charge is 0.221 e. The van der Waals surface area contributed by atoms with Gasteiger partial charge in [-0.15, -0.1) is 0 Å². The fourth-order valence-electron chi connectivity index (χ4n) is 3.00. The predicted octanol–water partition coefficient (Wildman–Crippen LogP) is 0.860. The average Bonchev–Trinajstić information content (AvgIpc) is 2.90. The molecule has 0 radical (unpaired) electrons. The Kier molecular flexibility index (Phi) is 4.40. The lowest BCUT2D eigenvalue weighted by Crippen LogP contribution is -2.43. The molecule has 2 aliphatic rings. The van der Waals surface area contributed by atoms with Crippen molar-refractivity contribution < 1.29 is 4.79 Å². The molecule has 2 fully saturated rings. The third-order valence-electron chi connectivity index (χ3n) is 4.06. The third kappa shape index (κ3) is 3.96. The highest BCUT2D eigenvalue weighted by atomic mass is 16.1. The Morgan fingerprint density at radius 2 is 1.82 bits per heavy atom. The molecule has 4 heteroatoms. The highest BCUT2D eigenvalue weighted by molar-refractivity contribution is 5.77. The number of carbonyl (C=O) groups is 1. The first kappa shape index (κ1) is 12.8. The molecule has 1 saturated heterocycles. The topological polar surface area (TPSA) is 58.4 Å². The largest absolute Gasteiger partial charge is 0.355 e. The Morgan fingerprint density at radius 1 is 1.18 bits per heavy atom. The summed E-state index contributed by atoms with van der Waals surface area (Å²) in [5, 5.41) is 3.00. The molecule has 1 aliphatic heterocycles. The molecule has 17 heavy (non-hydrogen) atoms. The summed E-state index contributed by atoms with van der Waals surface area (Å²) in [6, 6.07) is 0. The molecule has 0 spiro atoms. The minimum absolute atomic E-state index is 0.133. The van der Waals surface area contributed by atoms with Gasteiger partial charge in [-0.2, -0.15) is 0 Å². The molecule has 3 N–H and O–H groups in total. The number of amides is 1. The van der Waals surface area contributed by atoms with E-state index >= 15 is 0 Å². The van der Waals surface area contributed by atoms with Crippen LogP contribution in [0.2, 0.25) is 0 Å². The van der Waals surface area contributed by atoms with E-state index in [-0.39, 0.29) is 11.4 Å². The van der Waals surface area contributed by atoms with E-state index in [0.717, 1.165) is 25.9 Å². The molecule has 0 aromatic heterocycles. The van der Waals surface area contributed by atoms with E-state index in [0.29, 0.717) is 6.42 Å². The van der Waals surface area contributed by atoms with Crippen LogP contribution in [0.3, 0.4) is 0 Å².